The Kier molecular flexibility index (Phi) is 8.09. The predicted octanol–water partition coefficient (Wildman–Crippen LogP) is 3.25. The van der Waals surface area contributed by atoms with Crippen molar-refractivity contribution in [2.75, 3.05) is 25.6 Å². The Labute approximate surface area is 168 Å². The van der Waals surface area contributed by atoms with Crippen molar-refractivity contribution in [3.8, 4) is 11.5 Å². The molecule has 0 aliphatic carbocycles. The standard InChI is InChI=1S/C20H25BrN2O4/c1-13-4-6-15(7-5-13)23-19(25)12-27-20-16(11-22-10-14(2)24)17(21)8-9-18(20)26-3/h4-9,14,22,24H,10-12H2,1-3H3,(H,23,25). The number of halogens is 1. The number of hydrogen-bond donors (Lipinski definition) is 3. The van der Waals surface area contributed by atoms with Gasteiger partial charge in [-0.15, -0.1) is 0 Å². The molecule has 0 aliphatic heterocycles. The minimum absolute atomic E-state index is 0.149. The van der Waals surface area contributed by atoms with Gasteiger partial charge in [0, 0.05) is 28.8 Å². The fraction of sp³-hybridized carbons (Fsp3) is 0.350. The number of anilines is 1. The van der Waals surface area contributed by atoms with E-state index in [-0.39, 0.29) is 12.5 Å². The summed E-state index contributed by atoms with van der Waals surface area (Å²) in [5, 5.41) is 15.4. The number of aliphatic hydroxyl groups is 1. The normalized spacial score (nSPS) is 11.7. The van der Waals surface area contributed by atoms with Gasteiger partial charge in [0.25, 0.3) is 5.91 Å². The molecule has 0 heterocycles. The van der Waals surface area contributed by atoms with E-state index < -0.39 is 6.10 Å². The van der Waals surface area contributed by atoms with Crippen LogP contribution in [0.3, 0.4) is 0 Å². The van der Waals surface area contributed by atoms with E-state index in [0.29, 0.717) is 30.3 Å². The molecule has 6 nitrogen and oxygen atoms in total. The number of aryl methyl sites for hydroxylation is 1. The summed E-state index contributed by atoms with van der Waals surface area (Å²) in [5.41, 5.74) is 2.66. The first-order valence-corrected chi connectivity index (χ1v) is 9.43. The van der Waals surface area contributed by atoms with Crippen LogP contribution in [0.4, 0.5) is 5.69 Å². The van der Waals surface area contributed by atoms with Crippen LogP contribution >= 0.6 is 15.9 Å². The van der Waals surface area contributed by atoms with Gasteiger partial charge in [-0.2, -0.15) is 0 Å². The fourth-order valence-electron chi connectivity index (χ4n) is 2.44. The van der Waals surface area contributed by atoms with Gasteiger partial charge in [0.15, 0.2) is 18.1 Å². The van der Waals surface area contributed by atoms with Crippen molar-refractivity contribution in [1.29, 1.82) is 0 Å². The van der Waals surface area contributed by atoms with Crippen LogP contribution in [0, 0.1) is 6.92 Å². The summed E-state index contributed by atoms with van der Waals surface area (Å²) in [5.74, 6) is 0.767. The van der Waals surface area contributed by atoms with Crippen LogP contribution in [-0.4, -0.2) is 37.4 Å². The van der Waals surface area contributed by atoms with Crippen LogP contribution in [0.5, 0.6) is 11.5 Å². The molecule has 0 saturated carbocycles. The highest BCUT2D eigenvalue weighted by molar-refractivity contribution is 9.10. The predicted molar refractivity (Wildman–Crippen MR) is 109 cm³/mol. The van der Waals surface area contributed by atoms with Crippen LogP contribution in [0.2, 0.25) is 0 Å². The van der Waals surface area contributed by atoms with Crippen molar-refractivity contribution >= 4 is 27.5 Å². The van der Waals surface area contributed by atoms with Crippen molar-refractivity contribution in [3.63, 3.8) is 0 Å². The van der Waals surface area contributed by atoms with E-state index in [2.05, 4.69) is 26.6 Å². The molecule has 3 N–H and O–H groups in total. The third-order valence-corrected chi connectivity index (χ3v) is 4.55. The Balaban J connectivity index is 2.07. The lowest BCUT2D eigenvalue weighted by Gasteiger charge is -2.17. The first kappa shape index (κ1) is 21.2. The van der Waals surface area contributed by atoms with Crippen LogP contribution in [0.25, 0.3) is 0 Å². The van der Waals surface area contributed by atoms with Crippen LogP contribution in [0.1, 0.15) is 18.1 Å². The Morgan fingerprint density at radius 2 is 1.93 bits per heavy atom. The zero-order chi connectivity index (χ0) is 19.8. The van der Waals surface area contributed by atoms with E-state index in [1.54, 1.807) is 20.1 Å². The van der Waals surface area contributed by atoms with Gasteiger partial charge in [-0.25, -0.2) is 0 Å². The molecular formula is C20H25BrN2O4. The molecule has 0 aromatic heterocycles. The SMILES string of the molecule is COc1ccc(Br)c(CNCC(C)O)c1OCC(=O)Nc1ccc(C)cc1. The molecule has 2 rings (SSSR count). The number of ether oxygens (including phenoxy) is 2. The summed E-state index contributed by atoms with van der Waals surface area (Å²) in [6.07, 6.45) is -0.459. The van der Waals surface area contributed by atoms with Gasteiger partial charge in [0.1, 0.15) is 0 Å². The monoisotopic (exact) mass is 436 g/mol. The van der Waals surface area contributed by atoms with Crippen LogP contribution in [0.15, 0.2) is 40.9 Å². The second-order valence-electron chi connectivity index (χ2n) is 6.24. The number of carbonyl (C=O) groups excluding carboxylic acids is 1. The Morgan fingerprint density at radius 1 is 1.22 bits per heavy atom. The maximum absolute atomic E-state index is 12.2. The van der Waals surface area contributed by atoms with Gasteiger partial charge in [-0.05, 0) is 38.1 Å². The molecule has 0 bridgehead atoms. The first-order valence-electron chi connectivity index (χ1n) is 8.64. The van der Waals surface area contributed by atoms with E-state index in [0.717, 1.165) is 15.6 Å². The summed E-state index contributed by atoms with van der Waals surface area (Å²) >= 11 is 3.51. The van der Waals surface area contributed by atoms with E-state index in [1.807, 2.05) is 37.3 Å². The average molecular weight is 437 g/mol. The number of aliphatic hydroxyl groups excluding tert-OH is 1. The Bertz CT molecular complexity index is 763. The highest BCUT2D eigenvalue weighted by Gasteiger charge is 2.16. The van der Waals surface area contributed by atoms with E-state index in [1.165, 1.54) is 0 Å². The summed E-state index contributed by atoms with van der Waals surface area (Å²) in [4.78, 5) is 12.2. The highest BCUT2D eigenvalue weighted by Crippen LogP contribution is 2.36. The third-order valence-electron chi connectivity index (χ3n) is 3.81. The number of carbonyl (C=O) groups is 1. The molecule has 1 atom stereocenters. The molecule has 27 heavy (non-hydrogen) atoms. The van der Waals surface area contributed by atoms with Gasteiger partial charge in [-0.3, -0.25) is 4.79 Å². The first-order chi connectivity index (χ1) is 12.9. The number of methoxy groups -OCH3 is 1. The second-order valence-corrected chi connectivity index (χ2v) is 7.09. The van der Waals surface area contributed by atoms with Crippen molar-refractivity contribution in [1.82, 2.24) is 5.32 Å². The van der Waals surface area contributed by atoms with Gasteiger partial charge >= 0.3 is 0 Å². The van der Waals surface area contributed by atoms with Crippen LogP contribution < -0.4 is 20.1 Å². The van der Waals surface area contributed by atoms with Crippen molar-refractivity contribution < 1.29 is 19.4 Å². The molecule has 0 radical (unpaired) electrons. The molecule has 0 saturated heterocycles. The number of nitrogens with one attached hydrogen (secondary N) is 2. The molecular weight excluding hydrogens is 412 g/mol. The highest BCUT2D eigenvalue weighted by atomic mass is 79.9. The van der Waals surface area contributed by atoms with Gasteiger partial charge in [0.2, 0.25) is 0 Å². The lowest BCUT2D eigenvalue weighted by molar-refractivity contribution is -0.118. The summed E-state index contributed by atoms with van der Waals surface area (Å²) in [7, 11) is 1.55. The Morgan fingerprint density at radius 3 is 2.56 bits per heavy atom. The molecule has 0 fully saturated rings. The minimum Gasteiger partial charge on any atom is -0.493 e. The maximum atomic E-state index is 12.2. The number of benzene rings is 2. The zero-order valence-electron chi connectivity index (χ0n) is 15.7. The maximum Gasteiger partial charge on any atom is 0.262 e. The van der Waals surface area contributed by atoms with Crippen LogP contribution in [-0.2, 0) is 11.3 Å². The topological polar surface area (TPSA) is 79.8 Å². The number of amides is 1. The van der Waals surface area contributed by atoms with E-state index in [9.17, 15) is 9.90 Å². The minimum atomic E-state index is -0.459. The quantitative estimate of drug-likeness (QED) is 0.562. The third kappa shape index (κ3) is 6.53. The molecule has 0 aliphatic rings. The van der Waals surface area contributed by atoms with Gasteiger partial charge in [-0.1, -0.05) is 33.6 Å². The molecule has 2 aromatic carbocycles. The van der Waals surface area contributed by atoms with E-state index >= 15 is 0 Å². The molecule has 1 unspecified atom stereocenters. The number of rotatable bonds is 9. The average Bonchev–Trinajstić information content (AvgIpc) is 2.63. The Hall–Kier alpha value is -2.09. The molecule has 0 spiro atoms. The lowest BCUT2D eigenvalue weighted by atomic mass is 10.1. The van der Waals surface area contributed by atoms with Crippen molar-refractivity contribution in [3.05, 3.63) is 52.0 Å². The zero-order valence-corrected chi connectivity index (χ0v) is 17.3. The second kappa shape index (κ2) is 10.3. The summed E-state index contributed by atoms with van der Waals surface area (Å²) in [6, 6.07) is 11.2. The fourth-order valence-corrected chi connectivity index (χ4v) is 2.90. The van der Waals surface area contributed by atoms with Gasteiger partial charge < -0.3 is 25.2 Å². The lowest BCUT2D eigenvalue weighted by Crippen LogP contribution is -2.25. The molecule has 1 amide bonds. The smallest absolute Gasteiger partial charge is 0.262 e. The molecule has 2 aromatic rings. The van der Waals surface area contributed by atoms with E-state index in [4.69, 9.17) is 9.47 Å². The van der Waals surface area contributed by atoms with Crippen molar-refractivity contribution in [2.45, 2.75) is 26.5 Å². The largest absolute Gasteiger partial charge is 0.493 e. The summed E-state index contributed by atoms with van der Waals surface area (Å²) in [6.45, 7) is 4.44. The molecule has 7 heteroatoms. The van der Waals surface area contributed by atoms with Crippen molar-refractivity contribution in [2.24, 2.45) is 0 Å². The summed E-state index contributed by atoms with van der Waals surface area (Å²) < 4.78 is 12.0. The van der Waals surface area contributed by atoms with Gasteiger partial charge in [0.05, 0.1) is 13.2 Å². The molecule has 146 valence electrons. The number of hydrogen-bond acceptors (Lipinski definition) is 5.